The number of ether oxygens (including phenoxy) is 1. The normalized spacial score (nSPS) is 13.4. The number of benzene rings is 2. The molecule has 0 saturated carbocycles. The minimum atomic E-state index is -0.472. The molecule has 0 atom stereocenters. The molecule has 2 heterocycles. The number of anilines is 2. The number of amides is 3. The van der Waals surface area contributed by atoms with E-state index in [-0.39, 0.29) is 12.5 Å². The van der Waals surface area contributed by atoms with Crippen molar-refractivity contribution >= 4 is 23.4 Å². The number of urea groups is 1. The molecule has 9 heteroatoms. The summed E-state index contributed by atoms with van der Waals surface area (Å²) in [5.41, 5.74) is 0.513. The summed E-state index contributed by atoms with van der Waals surface area (Å²) in [4.78, 5) is 37.1. The lowest BCUT2D eigenvalue weighted by atomic mass is 10.3. The predicted octanol–water partition coefficient (Wildman–Crippen LogP) is 2.74. The number of hydrogen-bond donors (Lipinski definition) is 2. The van der Waals surface area contributed by atoms with Crippen molar-refractivity contribution in [3.63, 3.8) is 0 Å². The third-order valence-corrected chi connectivity index (χ3v) is 5.01. The van der Waals surface area contributed by atoms with Gasteiger partial charge in [0.2, 0.25) is 5.91 Å². The van der Waals surface area contributed by atoms with Gasteiger partial charge >= 0.3 is 6.03 Å². The van der Waals surface area contributed by atoms with Crippen molar-refractivity contribution < 1.29 is 14.3 Å². The van der Waals surface area contributed by atoms with Gasteiger partial charge in [0.05, 0.1) is 18.4 Å². The first-order chi connectivity index (χ1) is 15.7. The van der Waals surface area contributed by atoms with E-state index < -0.39 is 6.03 Å². The largest absolute Gasteiger partial charge is 0.455 e. The lowest BCUT2D eigenvalue weighted by molar-refractivity contribution is -0.130. The van der Waals surface area contributed by atoms with Crippen molar-refractivity contribution in [2.45, 2.75) is 0 Å². The van der Waals surface area contributed by atoms with Crippen LogP contribution in [0.4, 0.5) is 16.3 Å². The van der Waals surface area contributed by atoms with Gasteiger partial charge in [0.15, 0.2) is 5.75 Å². The number of rotatable bonds is 6. The van der Waals surface area contributed by atoms with Crippen LogP contribution < -0.4 is 20.3 Å². The molecule has 1 aliphatic heterocycles. The van der Waals surface area contributed by atoms with Crippen molar-refractivity contribution in [2.75, 3.05) is 42.9 Å². The molecule has 0 aliphatic carbocycles. The Morgan fingerprint density at radius 2 is 1.69 bits per heavy atom. The van der Waals surface area contributed by atoms with Gasteiger partial charge in [0.25, 0.3) is 0 Å². The van der Waals surface area contributed by atoms with E-state index in [1.807, 2.05) is 36.4 Å². The zero-order valence-electron chi connectivity index (χ0n) is 17.5. The van der Waals surface area contributed by atoms with E-state index in [2.05, 4.69) is 25.5 Å². The molecular formula is C23H24N6O3. The van der Waals surface area contributed by atoms with Gasteiger partial charge < -0.3 is 25.2 Å². The van der Waals surface area contributed by atoms with Crippen LogP contribution in [0.2, 0.25) is 0 Å². The predicted molar refractivity (Wildman–Crippen MR) is 121 cm³/mol. The van der Waals surface area contributed by atoms with E-state index in [0.717, 1.165) is 5.82 Å². The molecule has 9 nitrogen and oxygen atoms in total. The average Bonchev–Trinajstić information content (AvgIpc) is 2.85. The number of piperazine rings is 1. The zero-order chi connectivity index (χ0) is 22.2. The van der Waals surface area contributed by atoms with Crippen LogP contribution in [0.25, 0.3) is 0 Å². The van der Waals surface area contributed by atoms with Crippen molar-refractivity contribution in [1.82, 2.24) is 20.2 Å². The van der Waals surface area contributed by atoms with Crippen LogP contribution in [0.5, 0.6) is 11.5 Å². The average molecular weight is 432 g/mol. The molecule has 0 radical (unpaired) electrons. The van der Waals surface area contributed by atoms with Crippen LogP contribution in [-0.4, -0.2) is 59.5 Å². The lowest BCUT2D eigenvalue weighted by Gasteiger charge is -2.35. The Morgan fingerprint density at radius 1 is 0.938 bits per heavy atom. The molecule has 1 aliphatic rings. The minimum Gasteiger partial charge on any atom is -0.455 e. The van der Waals surface area contributed by atoms with Gasteiger partial charge in [-0.15, -0.1) is 0 Å². The molecule has 1 saturated heterocycles. The molecule has 32 heavy (non-hydrogen) atoms. The van der Waals surface area contributed by atoms with E-state index in [9.17, 15) is 9.59 Å². The summed E-state index contributed by atoms with van der Waals surface area (Å²) in [7, 11) is 0. The number of aromatic nitrogens is 2. The Labute approximate surface area is 186 Å². The third-order valence-electron chi connectivity index (χ3n) is 5.01. The first-order valence-corrected chi connectivity index (χ1v) is 10.3. The number of hydrogen-bond acceptors (Lipinski definition) is 6. The summed E-state index contributed by atoms with van der Waals surface area (Å²) in [5.74, 6) is 1.85. The molecular weight excluding hydrogens is 408 g/mol. The van der Waals surface area contributed by atoms with Gasteiger partial charge in [0, 0.05) is 38.6 Å². The Morgan fingerprint density at radius 3 is 2.44 bits per heavy atom. The van der Waals surface area contributed by atoms with Gasteiger partial charge in [-0.1, -0.05) is 30.3 Å². The highest BCUT2D eigenvalue weighted by Crippen LogP contribution is 2.28. The van der Waals surface area contributed by atoms with Gasteiger partial charge in [-0.2, -0.15) is 0 Å². The molecule has 164 valence electrons. The number of nitrogens with one attached hydrogen (secondary N) is 2. The molecule has 1 aromatic heterocycles. The summed E-state index contributed by atoms with van der Waals surface area (Å²) in [6.07, 6.45) is 4.99. The Hall–Kier alpha value is -4.14. The van der Waals surface area contributed by atoms with E-state index >= 15 is 0 Å². The number of nitrogens with zero attached hydrogens (tertiary/aromatic N) is 4. The molecule has 4 rings (SSSR count). The second-order valence-electron chi connectivity index (χ2n) is 7.15. The summed E-state index contributed by atoms with van der Waals surface area (Å²) < 4.78 is 5.85. The maximum atomic E-state index is 12.5. The van der Waals surface area contributed by atoms with Crippen LogP contribution in [0.1, 0.15) is 0 Å². The van der Waals surface area contributed by atoms with Crippen LogP contribution >= 0.6 is 0 Å². The molecule has 1 fully saturated rings. The van der Waals surface area contributed by atoms with Crippen molar-refractivity contribution in [3.8, 4) is 11.5 Å². The summed E-state index contributed by atoms with van der Waals surface area (Å²) in [6, 6.07) is 16.0. The summed E-state index contributed by atoms with van der Waals surface area (Å²) in [5, 5.41) is 5.38. The highest BCUT2D eigenvalue weighted by Gasteiger charge is 2.22. The minimum absolute atomic E-state index is 0.0846. The zero-order valence-corrected chi connectivity index (χ0v) is 17.5. The Bertz CT molecular complexity index is 1040. The lowest BCUT2D eigenvalue weighted by Crippen LogP contribution is -2.51. The molecule has 2 N–H and O–H groups in total. The Balaban J connectivity index is 1.25. The quantitative estimate of drug-likeness (QED) is 0.621. The molecule has 0 spiro atoms. The van der Waals surface area contributed by atoms with Crippen LogP contribution in [-0.2, 0) is 4.79 Å². The van der Waals surface area contributed by atoms with Crippen molar-refractivity contribution in [2.24, 2.45) is 0 Å². The van der Waals surface area contributed by atoms with Gasteiger partial charge in [0.1, 0.15) is 11.6 Å². The van der Waals surface area contributed by atoms with E-state index in [4.69, 9.17) is 4.74 Å². The third kappa shape index (κ3) is 5.51. The molecule has 3 amide bonds. The first kappa shape index (κ1) is 21.1. The maximum absolute atomic E-state index is 12.5. The maximum Gasteiger partial charge on any atom is 0.319 e. The van der Waals surface area contributed by atoms with Gasteiger partial charge in [-0.05, 0) is 24.3 Å². The number of para-hydroxylation sites is 3. The van der Waals surface area contributed by atoms with Crippen LogP contribution in [0.15, 0.2) is 73.2 Å². The molecule has 2 aromatic carbocycles. The fourth-order valence-electron chi connectivity index (χ4n) is 3.35. The van der Waals surface area contributed by atoms with Crippen LogP contribution in [0.3, 0.4) is 0 Å². The van der Waals surface area contributed by atoms with Crippen molar-refractivity contribution in [1.29, 1.82) is 0 Å². The van der Waals surface area contributed by atoms with Crippen LogP contribution in [0, 0.1) is 0 Å². The highest BCUT2D eigenvalue weighted by molar-refractivity contribution is 5.93. The second-order valence-corrected chi connectivity index (χ2v) is 7.15. The SMILES string of the molecule is O=C(NCC(=O)N1CCN(c2cnccn2)CC1)Nc1ccccc1Oc1ccccc1. The molecule has 3 aromatic rings. The summed E-state index contributed by atoms with van der Waals surface area (Å²) >= 11 is 0. The fourth-order valence-corrected chi connectivity index (χ4v) is 3.35. The standard InChI is InChI=1S/C23H24N6O3/c30-22(29-14-12-28(13-15-29)21-16-24-10-11-25-21)17-26-23(31)27-19-8-4-5-9-20(19)32-18-6-2-1-3-7-18/h1-11,16H,12-15,17H2,(H2,26,27,31). The number of carbonyl (C=O) groups excluding carboxylic acids is 2. The van der Waals surface area contributed by atoms with Gasteiger partial charge in [-0.3, -0.25) is 9.78 Å². The fraction of sp³-hybridized carbons (Fsp3) is 0.217. The van der Waals surface area contributed by atoms with Gasteiger partial charge in [-0.25, -0.2) is 9.78 Å². The smallest absolute Gasteiger partial charge is 0.319 e. The Kier molecular flexibility index (Phi) is 6.76. The topological polar surface area (TPSA) is 99.7 Å². The first-order valence-electron chi connectivity index (χ1n) is 10.3. The highest BCUT2D eigenvalue weighted by atomic mass is 16.5. The van der Waals surface area contributed by atoms with E-state index in [1.54, 1.807) is 41.7 Å². The number of carbonyl (C=O) groups is 2. The summed E-state index contributed by atoms with van der Waals surface area (Å²) in [6.45, 7) is 2.37. The molecule has 0 unspecified atom stereocenters. The second kappa shape index (κ2) is 10.3. The van der Waals surface area contributed by atoms with E-state index in [0.29, 0.717) is 43.4 Å². The monoisotopic (exact) mass is 432 g/mol. The van der Waals surface area contributed by atoms with E-state index in [1.165, 1.54) is 0 Å². The molecule has 0 bridgehead atoms. The van der Waals surface area contributed by atoms with Crippen molar-refractivity contribution in [3.05, 3.63) is 73.2 Å².